The maximum atomic E-state index is 12.6. The Morgan fingerprint density at radius 2 is 1.44 bits per heavy atom. The van der Waals surface area contributed by atoms with E-state index >= 15 is 0 Å². The third-order valence-corrected chi connectivity index (χ3v) is 7.25. The zero-order chi connectivity index (χ0) is 19.5. The van der Waals surface area contributed by atoms with Crippen LogP contribution < -0.4 is 9.62 Å². The summed E-state index contributed by atoms with van der Waals surface area (Å²) in [5.41, 5.74) is 1.99. The number of hydrogen-bond donors (Lipinski definition) is 1. The molecule has 1 fully saturated rings. The topological polar surface area (TPSA) is 83.5 Å². The number of rotatable bonds is 6. The van der Waals surface area contributed by atoms with E-state index in [-0.39, 0.29) is 16.3 Å². The number of piperidine rings is 1. The van der Waals surface area contributed by atoms with E-state index in [1.807, 2.05) is 24.3 Å². The Kier molecular flexibility index (Phi) is 5.88. The minimum atomic E-state index is -3.73. The second-order valence-corrected chi connectivity index (χ2v) is 10.5. The first-order chi connectivity index (χ1) is 12.8. The van der Waals surface area contributed by atoms with Gasteiger partial charge in [-0.15, -0.1) is 0 Å². The molecule has 2 aromatic rings. The molecule has 1 heterocycles. The number of para-hydroxylation sites is 1. The molecule has 0 atom stereocenters. The lowest BCUT2D eigenvalue weighted by molar-refractivity contribution is 0.572. The number of nitrogens with zero attached hydrogens (tertiary/aromatic N) is 1. The third-order valence-electron chi connectivity index (χ3n) is 4.70. The van der Waals surface area contributed by atoms with Gasteiger partial charge in [0.15, 0.2) is 9.84 Å². The zero-order valence-corrected chi connectivity index (χ0v) is 16.9. The van der Waals surface area contributed by atoms with Gasteiger partial charge in [0.1, 0.15) is 0 Å². The lowest BCUT2D eigenvalue weighted by Crippen LogP contribution is -2.31. The molecule has 0 spiro atoms. The van der Waals surface area contributed by atoms with Crippen molar-refractivity contribution in [2.24, 2.45) is 0 Å². The van der Waals surface area contributed by atoms with Gasteiger partial charge < -0.3 is 4.90 Å². The lowest BCUT2D eigenvalue weighted by Gasteiger charge is -2.30. The molecule has 1 saturated heterocycles. The van der Waals surface area contributed by atoms with Crippen molar-refractivity contribution in [3.63, 3.8) is 0 Å². The molecule has 2 aromatic carbocycles. The van der Waals surface area contributed by atoms with Crippen LogP contribution in [-0.2, 0) is 26.4 Å². The van der Waals surface area contributed by atoms with E-state index in [1.54, 1.807) is 0 Å². The molecule has 3 rings (SSSR count). The van der Waals surface area contributed by atoms with Crippen LogP contribution in [0.2, 0.25) is 0 Å². The summed E-state index contributed by atoms with van der Waals surface area (Å²) in [7, 11) is -7.09. The van der Waals surface area contributed by atoms with Crippen molar-refractivity contribution in [2.75, 3.05) is 24.2 Å². The van der Waals surface area contributed by atoms with Crippen LogP contribution in [0, 0.1) is 0 Å². The molecule has 0 aromatic heterocycles. The van der Waals surface area contributed by atoms with E-state index < -0.39 is 19.9 Å². The SMILES string of the molecule is CS(=O)(=O)c1ccc(S(=O)(=O)NCc2ccccc2N2CCCCC2)cc1. The summed E-state index contributed by atoms with van der Waals surface area (Å²) < 4.78 is 50.8. The van der Waals surface area contributed by atoms with Crippen molar-refractivity contribution < 1.29 is 16.8 Å². The number of sulfone groups is 1. The van der Waals surface area contributed by atoms with Crippen LogP contribution in [0.4, 0.5) is 5.69 Å². The average Bonchev–Trinajstić information content (AvgIpc) is 2.67. The first-order valence-corrected chi connectivity index (χ1v) is 12.3. The Bertz CT molecular complexity index is 994. The van der Waals surface area contributed by atoms with Crippen molar-refractivity contribution in [3.05, 3.63) is 54.1 Å². The second kappa shape index (κ2) is 8.00. The van der Waals surface area contributed by atoms with E-state index in [2.05, 4.69) is 9.62 Å². The third kappa shape index (κ3) is 4.88. The largest absolute Gasteiger partial charge is 0.371 e. The quantitative estimate of drug-likeness (QED) is 0.794. The summed E-state index contributed by atoms with van der Waals surface area (Å²) in [4.78, 5) is 2.44. The molecule has 0 radical (unpaired) electrons. The average molecular weight is 409 g/mol. The van der Waals surface area contributed by atoms with Gasteiger partial charge in [-0.3, -0.25) is 0 Å². The van der Waals surface area contributed by atoms with Gasteiger partial charge in [-0.05, 0) is 55.2 Å². The van der Waals surface area contributed by atoms with Gasteiger partial charge in [0.25, 0.3) is 0 Å². The van der Waals surface area contributed by atoms with E-state index in [0.717, 1.165) is 43.4 Å². The van der Waals surface area contributed by atoms with Gasteiger partial charge in [0.2, 0.25) is 10.0 Å². The van der Waals surface area contributed by atoms with Crippen LogP contribution in [-0.4, -0.2) is 36.2 Å². The molecule has 146 valence electrons. The predicted octanol–water partition coefficient (Wildman–Crippen LogP) is 2.56. The Balaban J connectivity index is 1.76. The predicted molar refractivity (Wildman–Crippen MR) is 106 cm³/mol. The Morgan fingerprint density at radius 3 is 2.07 bits per heavy atom. The number of benzene rings is 2. The first kappa shape index (κ1) is 19.9. The molecule has 1 aliphatic rings. The van der Waals surface area contributed by atoms with Crippen molar-refractivity contribution in [1.29, 1.82) is 0 Å². The smallest absolute Gasteiger partial charge is 0.240 e. The van der Waals surface area contributed by atoms with Gasteiger partial charge in [-0.25, -0.2) is 21.6 Å². The van der Waals surface area contributed by atoms with E-state index in [4.69, 9.17) is 0 Å². The molecule has 0 bridgehead atoms. The maximum absolute atomic E-state index is 12.6. The highest BCUT2D eigenvalue weighted by molar-refractivity contribution is 7.90. The normalized spacial score (nSPS) is 15.7. The molecule has 0 unspecified atom stereocenters. The molecule has 0 amide bonds. The number of hydrogen-bond acceptors (Lipinski definition) is 5. The summed E-state index contributed by atoms with van der Waals surface area (Å²) in [6, 6.07) is 13.1. The van der Waals surface area contributed by atoms with Crippen molar-refractivity contribution in [1.82, 2.24) is 4.72 Å². The van der Waals surface area contributed by atoms with Gasteiger partial charge >= 0.3 is 0 Å². The highest BCUT2D eigenvalue weighted by atomic mass is 32.2. The van der Waals surface area contributed by atoms with Crippen molar-refractivity contribution in [2.45, 2.75) is 35.6 Å². The standard InChI is InChI=1S/C19H24N2O4S2/c1-26(22,23)17-9-11-18(12-10-17)27(24,25)20-15-16-7-3-4-8-19(16)21-13-5-2-6-14-21/h3-4,7-12,20H,2,5-6,13-15H2,1H3. The van der Waals surface area contributed by atoms with E-state index in [1.165, 1.54) is 30.7 Å². The van der Waals surface area contributed by atoms with Crippen LogP contribution in [0.1, 0.15) is 24.8 Å². The van der Waals surface area contributed by atoms with Gasteiger partial charge in [0, 0.05) is 31.6 Å². The minimum absolute atomic E-state index is 0.0466. The van der Waals surface area contributed by atoms with E-state index in [0.29, 0.717) is 0 Å². The number of anilines is 1. The summed E-state index contributed by atoms with van der Waals surface area (Å²) in [6.45, 7) is 2.15. The molecule has 27 heavy (non-hydrogen) atoms. The van der Waals surface area contributed by atoms with Gasteiger partial charge in [-0.2, -0.15) is 0 Å². The molecule has 1 N–H and O–H groups in total. The minimum Gasteiger partial charge on any atom is -0.371 e. The van der Waals surface area contributed by atoms with Crippen molar-refractivity contribution >= 4 is 25.5 Å². The van der Waals surface area contributed by atoms with Crippen molar-refractivity contribution in [3.8, 4) is 0 Å². The molecule has 8 heteroatoms. The van der Waals surface area contributed by atoms with Crippen LogP contribution >= 0.6 is 0 Å². The summed E-state index contributed by atoms with van der Waals surface area (Å²) in [5, 5.41) is 0. The maximum Gasteiger partial charge on any atom is 0.240 e. The summed E-state index contributed by atoms with van der Waals surface area (Å²) >= 11 is 0. The second-order valence-electron chi connectivity index (χ2n) is 6.74. The lowest BCUT2D eigenvalue weighted by atomic mass is 10.1. The molecule has 0 saturated carbocycles. The van der Waals surface area contributed by atoms with Gasteiger partial charge in [0.05, 0.1) is 9.79 Å². The fraction of sp³-hybridized carbons (Fsp3) is 0.368. The summed E-state index contributed by atoms with van der Waals surface area (Å²) in [5.74, 6) is 0. The number of sulfonamides is 1. The number of nitrogens with one attached hydrogen (secondary N) is 1. The monoisotopic (exact) mass is 408 g/mol. The van der Waals surface area contributed by atoms with E-state index in [9.17, 15) is 16.8 Å². The Hall–Kier alpha value is -1.90. The highest BCUT2D eigenvalue weighted by Crippen LogP contribution is 2.24. The van der Waals surface area contributed by atoms with Crippen LogP contribution in [0.25, 0.3) is 0 Å². The van der Waals surface area contributed by atoms with Crippen LogP contribution in [0.5, 0.6) is 0 Å². The van der Waals surface area contributed by atoms with Gasteiger partial charge in [-0.1, -0.05) is 18.2 Å². The Morgan fingerprint density at radius 1 is 0.852 bits per heavy atom. The highest BCUT2D eigenvalue weighted by Gasteiger charge is 2.18. The van der Waals surface area contributed by atoms with Crippen LogP contribution in [0.3, 0.4) is 0 Å². The zero-order valence-electron chi connectivity index (χ0n) is 15.3. The molecular weight excluding hydrogens is 384 g/mol. The molecular formula is C19H24N2O4S2. The molecule has 0 aliphatic carbocycles. The summed E-state index contributed by atoms with van der Waals surface area (Å²) in [6.07, 6.45) is 4.61. The Labute approximate surface area is 161 Å². The fourth-order valence-corrected chi connectivity index (χ4v) is 4.86. The van der Waals surface area contributed by atoms with Crippen LogP contribution in [0.15, 0.2) is 58.3 Å². The first-order valence-electron chi connectivity index (χ1n) is 8.90. The molecule has 1 aliphatic heterocycles. The molecule has 6 nitrogen and oxygen atoms in total. The fourth-order valence-electron chi connectivity index (χ4n) is 3.23.